The first-order chi connectivity index (χ1) is 13.5. The number of nitrogens with zero attached hydrogens (tertiary/aromatic N) is 3. The quantitative estimate of drug-likeness (QED) is 0.364. The largest absolute Gasteiger partial charge is 0.497 e. The normalized spacial score (nSPS) is 11.1. The molecule has 0 saturated carbocycles. The zero-order valence-corrected chi connectivity index (χ0v) is 17.0. The number of fused-ring (bicyclic) bond motifs is 1. The van der Waals surface area contributed by atoms with Gasteiger partial charge in [0, 0.05) is 5.75 Å². The summed E-state index contributed by atoms with van der Waals surface area (Å²) in [7, 11) is 1.61. The number of H-pyrrole nitrogens is 1. The number of aromatic amines is 1. The number of halogens is 2. The number of nitrogens with one attached hydrogen (secondary N) is 1. The number of hydrogen-bond donors (Lipinski definition) is 1. The van der Waals surface area contributed by atoms with E-state index >= 15 is 0 Å². The Morgan fingerprint density at radius 2 is 1.93 bits per heavy atom. The summed E-state index contributed by atoms with van der Waals surface area (Å²) in [5.74, 6) is 1.33. The van der Waals surface area contributed by atoms with Crippen molar-refractivity contribution in [2.24, 2.45) is 0 Å². The lowest BCUT2D eigenvalue weighted by Gasteiger charge is -2.06. The van der Waals surface area contributed by atoms with E-state index in [9.17, 15) is 4.79 Å². The van der Waals surface area contributed by atoms with E-state index < -0.39 is 0 Å². The number of hydrogen-bond acceptors (Lipinski definition) is 5. The van der Waals surface area contributed by atoms with Crippen LogP contribution in [0.15, 0.2) is 58.6 Å². The van der Waals surface area contributed by atoms with Crippen LogP contribution in [0.1, 0.15) is 5.56 Å². The van der Waals surface area contributed by atoms with Crippen molar-refractivity contribution in [3.05, 3.63) is 74.6 Å². The number of thioether (sulfide) groups is 1. The van der Waals surface area contributed by atoms with Gasteiger partial charge >= 0.3 is 0 Å². The highest BCUT2D eigenvalue weighted by Gasteiger charge is 2.12. The van der Waals surface area contributed by atoms with Crippen LogP contribution in [0.4, 0.5) is 0 Å². The minimum absolute atomic E-state index is 0.235. The molecule has 2 aromatic heterocycles. The summed E-state index contributed by atoms with van der Waals surface area (Å²) in [6.45, 7) is 0. The Bertz CT molecular complexity index is 1210. The zero-order valence-electron chi connectivity index (χ0n) is 14.6. The maximum atomic E-state index is 12.4. The van der Waals surface area contributed by atoms with Gasteiger partial charge in [-0.2, -0.15) is 5.10 Å². The van der Waals surface area contributed by atoms with Crippen LogP contribution in [-0.4, -0.2) is 26.9 Å². The molecule has 4 aromatic rings. The first-order valence-electron chi connectivity index (χ1n) is 8.24. The van der Waals surface area contributed by atoms with Crippen molar-refractivity contribution in [2.45, 2.75) is 10.9 Å². The van der Waals surface area contributed by atoms with E-state index in [-0.39, 0.29) is 5.56 Å². The van der Waals surface area contributed by atoms with E-state index in [1.165, 1.54) is 18.0 Å². The van der Waals surface area contributed by atoms with Crippen LogP contribution in [-0.2, 0) is 5.75 Å². The lowest BCUT2D eigenvalue weighted by atomic mass is 10.2. The number of rotatable bonds is 5. The lowest BCUT2D eigenvalue weighted by Crippen LogP contribution is -2.09. The van der Waals surface area contributed by atoms with Gasteiger partial charge in [0.2, 0.25) is 0 Å². The van der Waals surface area contributed by atoms with Gasteiger partial charge in [0.25, 0.3) is 5.56 Å². The average Bonchev–Trinajstić information content (AvgIpc) is 3.13. The molecule has 0 unspecified atom stereocenters. The van der Waals surface area contributed by atoms with Gasteiger partial charge in [0.1, 0.15) is 11.1 Å². The maximum Gasteiger partial charge on any atom is 0.262 e. The molecule has 0 bridgehead atoms. The minimum Gasteiger partial charge on any atom is -0.497 e. The van der Waals surface area contributed by atoms with E-state index in [1.54, 1.807) is 23.9 Å². The molecule has 2 heterocycles. The van der Waals surface area contributed by atoms with Crippen LogP contribution in [0, 0.1) is 0 Å². The first kappa shape index (κ1) is 18.9. The molecule has 0 saturated heterocycles. The third kappa shape index (κ3) is 3.73. The predicted molar refractivity (Wildman–Crippen MR) is 112 cm³/mol. The Balaban J connectivity index is 1.66. The highest BCUT2D eigenvalue weighted by atomic mass is 35.5. The average molecular weight is 433 g/mol. The Morgan fingerprint density at radius 3 is 2.64 bits per heavy atom. The molecular formula is C19H14Cl2N4O2S. The zero-order chi connectivity index (χ0) is 19.7. The van der Waals surface area contributed by atoms with Crippen molar-refractivity contribution in [1.29, 1.82) is 0 Å². The summed E-state index contributed by atoms with van der Waals surface area (Å²) in [6, 6.07) is 12.8. The van der Waals surface area contributed by atoms with Crippen LogP contribution in [0.5, 0.6) is 5.75 Å². The first-order valence-corrected chi connectivity index (χ1v) is 9.98. The summed E-state index contributed by atoms with van der Waals surface area (Å²) in [6.07, 6.45) is 1.51. The highest BCUT2D eigenvalue weighted by molar-refractivity contribution is 7.98. The molecular weight excluding hydrogens is 419 g/mol. The molecule has 4 rings (SSSR count). The van der Waals surface area contributed by atoms with Gasteiger partial charge in [0.15, 0.2) is 10.8 Å². The second kappa shape index (κ2) is 7.87. The van der Waals surface area contributed by atoms with E-state index in [1.807, 2.05) is 30.3 Å². The van der Waals surface area contributed by atoms with Crippen molar-refractivity contribution >= 4 is 46.0 Å². The standard InChI is InChI=1S/C19H14Cl2N4O2S/c1-27-13-5-3-12(4-6-13)25-17-14(9-22-25)18(26)24-19(23-17)28-10-11-2-7-15(20)16(21)8-11/h2-9H,10H2,1H3,(H,23,24,26). The highest BCUT2D eigenvalue weighted by Crippen LogP contribution is 2.27. The lowest BCUT2D eigenvalue weighted by molar-refractivity contribution is 0.414. The topological polar surface area (TPSA) is 72.8 Å². The van der Waals surface area contributed by atoms with Crippen LogP contribution in [0.2, 0.25) is 10.0 Å². The van der Waals surface area contributed by atoms with Crippen LogP contribution in [0.3, 0.4) is 0 Å². The fourth-order valence-electron chi connectivity index (χ4n) is 2.66. The summed E-state index contributed by atoms with van der Waals surface area (Å²) < 4.78 is 6.81. The smallest absolute Gasteiger partial charge is 0.262 e. The molecule has 0 aliphatic rings. The van der Waals surface area contributed by atoms with Gasteiger partial charge in [-0.1, -0.05) is 41.0 Å². The van der Waals surface area contributed by atoms with Gasteiger partial charge < -0.3 is 9.72 Å². The third-order valence-electron chi connectivity index (χ3n) is 4.09. The fourth-order valence-corrected chi connectivity index (χ4v) is 3.78. The predicted octanol–water partition coefficient (Wildman–Crippen LogP) is 4.72. The summed E-state index contributed by atoms with van der Waals surface area (Å²) in [4.78, 5) is 19.8. The van der Waals surface area contributed by atoms with Crippen molar-refractivity contribution in [2.75, 3.05) is 7.11 Å². The monoisotopic (exact) mass is 432 g/mol. The minimum atomic E-state index is -0.235. The molecule has 0 atom stereocenters. The Labute approximate surface area is 174 Å². The number of ether oxygens (including phenoxy) is 1. The Hall–Kier alpha value is -2.48. The van der Waals surface area contributed by atoms with Crippen LogP contribution >= 0.6 is 35.0 Å². The molecule has 2 aromatic carbocycles. The van der Waals surface area contributed by atoms with Crippen molar-refractivity contribution in [1.82, 2.24) is 19.7 Å². The molecule has 0 aliphatic carbocycles. The third-order valence-corrected chi connectivity index (χ3v) is 5.78. The maximum absolute atomic E-state index is 12.4. The molecule has 0 aliphatic heterocycles. The van der Waals surface area contributed by atoms with Gasteiger partial charge in [0.05, 0.1) is 29.0 Å². The molecule has 0 spiro atoms. The SMILES string of the molecule is COc1ccc(-n2ncc3c(=O)[nH]c(SCc4ccc(Cl)c(Cl)c4)nc32)cc1. The Morgan fingerprint density at radius 1 is 1.14 bits per heavy atom. The second-order valence-electron chi connectivity index (χ2n) is 5.90. The van der Waals surface area contributed by atoms with E-state index in [2.05, 4.69) is 15.1 Å². The molecule has 1 N–H and O–H groups in total. The van der Waals surface area contributed by atoms with Crippen molar-refractivity contribution in [3.63, 3.8) is 0 Å². The molecule has 0 radical (unpaired) electrons. The molecule has 9 heteroatoms. The van der Waals surface area contributed by atoms with Gasteiger partial charge in [-0.05, 0) is 42.0 Å². The van der Waals surface area contributed by atoms with E-state index in [0.29, 0.717) is 32.0 Å². The number of methoxy groups -OCH3 is 1. The van der Waals surface area contributed by atoms with E-state index in [0.717, 1.165) is 17.0 Å². The van der Waals surface area contributed by atoms with E-state index in [4.69, 9.17) is 27.9 Å². The Kier molecular flexibility index (Phi) is 5.30. The van der Waals surface area contributed by atoms with Crippen molar-refractivity contribution < 1.29 is 4.74 Å². The molecule has 28 heavy (non-hydrogen) atoms. The van der Waals surface area contributed by atoms with Crippen LogP contribution < -0.4 is 10.3 Å². The molecule has 6 nitrogen and oxygen atoms in total. The molecule has 142 valence electrons. The second-order valence-corrected chi connectivity index (χ2v) is 7.68. The van der Waals surface area contributed by atoms with Crippen molar-refractivity contribution in [3.8, 4) is 11.4 Å². The fraction of sp³-hybridized carbons (Fsp3) is 0.105. The van der Waals surface area contributed by atoms with Gasteiger partial charge in [-0.15, -0.1) is 0 Å². The number of aromatic nitrogens is 4. The number of benzene rings is 2. The van der Waals surface area contributed by atoms with Gasteiger partial charge in [-0.25, -0.2) is 9.67 Å². The summed E-state index contributed by atoms with van der Waals surface area (Å²) >= 11 is 13.4. The molecule has 0 amide bonds. The molecule has 0 fully saturated rings. The summed E-state index contributed by atoms with van der Waals surface area (Å²) in [5, 5.41) is 6.24. The van der Waals surface area contributed by atoms with Crippen LogP contribution in [0.25, 0.3) is 16.7 Å². The summed E-state index contributed by atoms with van der Waals surface area (Å²) in [5.41, 5.74) is 2.02. The van der Waals surface area contributed by atoms with Gasteiger partial charge in [-0.3, -0.25) is 4.79 Å².